The molecule has 2 aromatic rings. The number of rotatable bonds is 5. The lowest BCUT2D eigenvalue weighted by atomic mass is 10.1. The first kappa shape index (κ1) is 13.6. The van der Waals surface area contributed by atoms with Crippen molar-refractivity contribution in [1.82, 2.24) is 9.55 Å². The summed E-state index contributed by atoms with van der Waals surface area (Å²) in [5.41, 5.74) is 10.0. The number of nitrogens with two attached hydrogens (primary N) is 1. The van der Waals surface area contributed by atoms with Crippen molar-refractivity contribution in [3.63, 3.8) is 0 Å². The van der Waals surface area contributed by atoms with Crippen LogP contribution in [0.1, 0.15) is 22.4 Å². The summed E-state index contributed by atoms with van der Waals surface area (Å²) in [4.78, 5) is 4.51. The van der Waals surface area contributed by atoms with Crippen molar-refractivity contribution >= 4 is 0 Å². The molecule has 19 heavy (non-hydrogen) atoms. The maximum absolute atomic E-state index is 5.56. The Labute approximate surface area is 114 Å². The van der Waals surface area contributed by atoms with E-state index in [4.69, 9.17) is 10.5 Å². The third-order valence-electron chi connectivity index (χ3n) is 3.33. The lowest BCUT2D eigenvalue weighted by Crippen LogP contribution is -2.05. The van der Waals surface area contributed by atoms with Gasteiger partial charge in [0.25, 0.3) is 0 Å². The fraction of sp³-hybridized carbons (Fsp3) is 0.400. The minimum Gasteiger partial charge on any atom is -0.496 e. The van der Waals surface area contributed by atoms with Crippen molar-refractivity contribution in [3.8, 4) is 5.75 Å². The molecule has 2 aromatic heterocycles. The highest BCUT2D eigenvalue weighted by Gasteiger charge is 2.09. The van der Waals surface area contributed by atoms with E-state index in [1.54, 1.807) is 7.11 Å². The number of hydrogen-bond acceptors (Lipinski definition) is 3. The fourth-order valence-electron chi connectivity index (χ4n) is 2.31. The van der Waals surface area contributed by atoms with Crippen LogP contribution < -0.4 is 10.5 Å². The molecule has 0 radical (unpaired) electrons. The summed E-state index contributed by atoms with van der Waals surface area (Å²) in [7, 11) is 1.70. The second kappa shape index (κ2) is 5.89. The standard InChI is InChI=1S/C15H21N3O/c1-11-8-17-14(12(2)15(11)19-3)10-18-7-5-13(9-18)4-6-16/h5,7-9H,4,6,10,16H2,1-3H3. The van der Waals surface area contributed by atoms with Crippen LogP contribution in [0.2, 0.25) is 0 Å². The van der Waals surface area contributed by atoms with Crippen LogP contribution >= 0.6 is 0 Å². The van der Waals surface area contributed by atoms with Crippen LogP contribution in [0.15, 0.2) is 24.7 Å². The Morgan fingerprint density at radius 3 is 2.84 bits per heavy atom. The molecule has 2 heterocycles. The molecule has 0 spiro atoms. The van der Waals surface area contributed by atoms with Gasteiger partial charge in [0.15, 0.2) is 0 Å². The van der Waals surface area contributed by atoms with Crippen LogP contribution in [0.4, 0.5) is 0 Å². The Bertz CT molecular complexity index is 561. The minimum atomic E-state index is 0.680. The van der Waals surface area contributed by atoms with E-state index in [2.05, 4.69) is 34.9 Å². The zero-order valence-corrected chi connectivity index (χ0v) is 11.8. The van der Waals surface area contributed by atoms with Gasteiger partial charge in [-0.15, -0.1) is 0 Å². The van der Waals surface area contributed by atoms with Crippen LogP contribution in [0.5, 0.6) is 5.75 Å². The molecule has 4 nitrogen and oxygen atoms in total. The van der Waals surface area contributed by atoms with Gasteiger partial charge in [0.2, 0.25) is 0 Å². The quantitative estimate of drug-likeness (QED) is 0.894. The van der Waals surface area contributed by atoms with E-state index in [1.165, 1.54) is 5.56 Å². The number of pyridine rings is 1. The summed E-state index contributed by atoms with van der Waals surface area (Å²) in [6.45, 7) is 5.50. The van der Waals surface area contributed by atoms with Gasteiger partial charge in [0.1, 0.15) is 5.75 Å². The molecule has 0 aliphatic heterocycles. The average Bonchev–Trinajstić information content (AvgIpc) is 2.82. The van der Waals surface area contributed by atoms with Crippen molar-refractivity contribution in [3.05, 3.63) is 47.0 Å². The predicted molar refractivity (Wildman–Crippen MR) is 76.6 cm³/mol. The Morgan fingerprint density at radius 2 is 2.16 bits per heavy atom. The number of ether oxygens (including phenoxy) is 1. The first-order chi connectivity index (χ1) is 9.15. The molecule has 2 rings (SSSR count). The second-order valence-corrected chi connectivity index (χ2v) is 4.78. The lowest BCUT2D eigenvalue weighted by molar-refractivity contribution is 0.406. The van der Waals surface area contributed by atoms with Gasteiger partial charge in [-0.05, 0) is 38.4 Å². The first-order valence-corrected chi connectivity index (χ1v) is 6.49. The van der Waals surface area contributed by atoms with Gasteiger partial charge in [-0.1, -0.05) is 0 Å². The molecule has 0 bridgehead atoms. The molecule has 4 heteroatoms. The molecule has 0 fully saturated rings. The maximum Gasteiger partial charge on any atom is 0.128 e. The van der Waals surface area contributed by atoms with Gasteiger partial charge in [0.05, 0.1) is 19.3 Å². The predicted octanol–water partition coefficient (Wildman–Crippen LogP) is 2.06. The van der Waals surface area contributed by atoms with E-state index in [9.17, 15) is 0 Å². The zero-order valence-electron chi connectivity index (χ0n) is 11.8. The summed E-state index contributed by atoms with van der Waals surface area (Å²) in [6.07, 6.45) is 6.97. The highest BCUT2D eigenvalue weighted by molar-refractivity contribution is 5.41. The molecule has 0 amide bonds. The van der Waals surface area contributed by atoms with Crippen molar-refractivity contribution in [1.29, 1.82) is 0 Å². The SMILES string of the molecule is COc1c(C)cnc(Cn2ccc(CCN)c2)c1C. The molecule has 0 aliphatic carbocycles. The first-order valence-electron chi connectivity index (χ1n) is 6.49. The average molecular weight is 259 g/mol. The molecular weight excluding hydrogens is 238 g/mol. The van der Waals surface area contributed by atoms with Gasteiger partial charge in [-0.25, -0.2) is 0 Å². The second-order valence-electron chi connectivity index (χ2n) is 4.78. The zero-order chi connectivity index (χ0) is 13.8. The number of methoxy groups -OCH3 is 1. The molecule has 0 aliphatic rings. The van der Waals surface area contributed by atoms with Crippen LogP contribution in [-0.4, -0.2) is 23.2 Å². The third kappa shape index (κ3) is 2.96. The molecule has 0 saturated heterocycles. The highest BCUT2D eigenvalue weighted by Crippen LogP contribution is 2.24. The van der Waals surface area contributed by atoms with E-state index in [-0.39, 0.29) is 0 Å². The van der Waals surface area contributed by atoms with E-state index >= 15 is 0 Å². The Hall–Kier alpha value is -1.81. The van der Waals surface area contributed by atoms with Gasteiger partial charge < -0.3 is 15.0 Å². The minimum absolute atomic E-state index is 0.680. The van der Waals surface area contributed by atoms with Gasteiger partial charge in [-0.2, -0.15) is 0 Å². The Kier molecular flexibility index (Phi) is 4.22. The van der Waals surface area contributed by atoms with Gasteiger partial charge in [-0.3, -0.25) is 4.98 Å². The van der Waals surface area contributed by atoms with Gasteiger partial charge in [0, 0.05) is 29.7 Å². The van der Waals surface area contributed by atoms with Crippen LogP contribution in [0.3, 0.4) is 0 Å². The van der Waals surface area contributed by atoms with E-state index in [0.717, 1.165) is 35.5 Å². The maximum atomic E-state index is 5.56. The molecule has 2 N–H and O–H groups in total. The molecule has 102 valence electrons. The molecule has 0 saturated carbocycles. The largest absolute Gasteiger partial charge is 0.496 e. The molecule has 0 aromatic carbocycles. The molecule has 0 unspecified atom stereocenters. The van der Waals surface area contributed by atoms with Crippen LogP contribution in [0, 0.1) is 13.8 Å². The number of aromatic nitrogens is 2. The third-order valence-corrected chi connectivity index (χ3v) is 3.33. The highest BCUT2D eigenvalue weighted by atomic mass is 16.5. The van der Waals surface area contributed by atoms with Crippen molar-refractivity contribution in [2.75, 3.05) is 13.7 Å². The Balaban J connectivity index is 2.23. The number of hydrogen-bond donors (Lipinski definition) is 1. The monoisotopic (exact) mass is 259 g/mol. The van der Waals surface area contributed by atoms with E-state index in [1.807, 2.05) is 13.1 Å². The number of nitrogens with zero attached hydrogens (tertiary/aromatic N) is 2. The molecule has 0 atom stereocenters. The molecular formula is C15H21N3O. The van der Waals surface area contributed by atoms with Crippen molar-refractivity contribution < 1.29 is 4.74 Å². The summed E-state index contributed by atoms with van der Waals surface area (Å²) in [5, 5.41) is 0. The van der Waals surface area contributed by atoms with Gasteiger partial charge >= 0.3 is 0 Å². The van der Waals surface area contributed by atoms with Crippen LogP contribution in [-0.2, 0) is 13.0 Å². The summed E-state index contributed by atoms with van der Waals surface area (Å²) >= 11 is 0. The fourth-order valence-corrected chi connectivity index (χ4v) is 2.31. The normalized spacial score (nSPS) is 10.7. The summed E-state index contributed by atoms with van der Waals surface area (Å²) < 4.78 is 7.57. The van der Waals surface area contributed by atoms with E-state index < -0.39 is 0 Å². The smallest absolute Gasteiger partial charge is 0.128 e. The Morgan fingerprint density at radius 1 is 1.37 bits per heavy atom. The van der Waals surface area contributed by atoms with E-state index in [0.29, 0.717) is 6.54 Å². The van der Waals surface area contributed by atoms with Crippen molar-refractivity contribution in [2.45, 2.75) is 26.8 Å². The summed E-state index contributed by atoms with van der Waals surface area (Å²) in [6, 6.07) is 2.10. The van der Waals surface area contributed by atoms with Crippen molar-refractivity contribution in [2.24, 2.45) is 5.73 Å². The lowest BCUT2D eigenvalue weighted by Gasteiger charge is -2.12. The van der Waals surface area contributed by atoms with Crippen LogP contribution in [0.25, 0.3) is 0 Å². The number of aryl methyl sites for hydroxylation is 1. The topological polar surface area (TPSA) is 53.1 Å². The summed E-state index contributed by atoms with van der Waals surface area (Å²) in [5.74, 6) is 0.930.